The number of likely N-dealkylation sites (N-methyl/N-ethyl adjacent to an activating group) is 1. The Morgan fingerprint density at radius 1 is 1.22 bits per heavy atom. The van der Waals surface area contributed by atoms with Gasteiger partial charge < -0.3 is 35.5 Å². The maximum atomic E-state index is 14.8. The van der Waals surface area contributed by atoms with E-state index in [0.29, 0.717) is 33.8 Å². The van der Waals surface area contributed by atoms with Crippen molar-refractivity contribution in [1.82, 2.24) is 4.90 Å². The van der Waals surface area contributed by atoms with Crippen LogP contribution in [0.3, 0.4) is 0 Å². The summed E-state index contributed by atoms with van der Waals surface area (Å²) < 4.78 is 6.11. The summed E-state index contributed by atoms with van der Waals surface area (Å²) in [7, 11) is 3.16. The number of carbonyl (C=O) groups is 3. The number of allylic oxidation sites excluding steroid dienone is 2. The van der Waals surface area contributed by atoms with Gasteiger partial charge in [0.1, 0.15) is 17.3 Å². The molecule has 242 valence electrons. The van der Waals surface area contributed by atoms with Crippen LogP contribution in [-0.2, 0) is 14.4 Å². The summed E-state index contributed by atoms with van der Waals surface area (Å²) in [5, 5.41) is 47.3. The number of hydrogen-bond acceptors (Lipinski definition) is 9. The number of aliphatic hydroxyl groups is 4. The Labute approximate surface area is 263 Å². The minimum atomic E-state index is -3.05. The van der Waals surface area contributed by atoms with Gasteiger partial charge in [-0.15, -0.1) is 0 Å². The molecule has 1 aromatic carbocycles. The Morgan fingerprint density at radius 3 is 2.38 bits per heavy atom. The SMILES string of the molecule is C=C/C=C\c1oc(-c2ccc3c(c2C)C(O)=C2C(=O)[C@](O)(C(=O)C(C)C(N)=O)C(C)([C@@H](CO)N(C)C)[C@@H](O)C2(C)[C@H]3C)cc1C. The van der Waals surface area contributed by atoms with E-state index in [2.05, 4.69) is 6.58 Å². The van der Waals surface area contributed by atoms with Crippen molar-refractivity contribution >= 4 is 29.3 Å². The third-order valence-corrected chi connectivity index (χ3v) is 10.6. The molecule has 10 heteroatoms. The number of rotatable bonds is 9. The van der Waals surface area contributed by atoms with Crippen LogP contribution in [0.2, 0.25) is 0 Å². The first-order chi connectivity index (χ1) is 20.9. The minimum absolute atomic E-state index is 0.318. The number of benzene rings is 1. The highest BCUT2D eigenvalue weighted by Gasteiger charge is 2.75. The third kappa shape index (κ3) is 4.49. The van der Waals surface area contributed by atoms with Crippen molar-refractivity contribution in [2.75, 3.05) is 20.7 Å². The molecule has 0 spiro atoms. The van der Waals surface area contributed by atoms with E-state index in [1.54, 1.807) is 53.1 Å². The Hall–Kier alpha value is -3.83. The molecule has 3 unspecified atom stereocenters. The quantitative estimate of drug-likeness (QED) is 0.208. The van der Waals surface area contributed by atoms with E-state index in [1.165, 1.54) is 18.7 Å². The highest BCUT2D eigenvalue weighted by molar-refractivity contribution is 6.25. The van der Waals surface area contributed by atoms with Crippen LogP contribution in [0.5, 0.6) is 0 Å². The van der Waals surface area contributed by atoms with Gasteiger partial charge in [-0.05, 0) is 69.6 Å². The van der Waals surface area contributed by atoms with Crippen LogP contribution in [0.15, 0.2) is 46.9 Å². The standard InChI is InChI=1S/C35H44N2O8/c1-10-11-12-23-17(2)15-24(45-23)21-13-14-22-20(5)33(6)27(28(39)26(22)18(21)3)30(41)35(44,29(40)19(4)31(36)42)34(7,32(33)43)25(16-38)37(8)9/h10-15,19-20,25,32,38-39,43-44H,1,16H2,2-9H3,(H2,36,42)/b12-11-/t19?,20-,25+,32-,33?,34?,35+/m0/s1. The van der Waals surface area contributed by atoms with Gasteiger partial charge in [-0.3, -0.25) is 14.4 Å². The van der Waals surface area contributed by atoms with Gasteiger partial charge in [-0.25, -0.2) is 0 Å². The average molecular weight is 621 g/mol. The topological polar surface area (TPSA) is 175 Å². The number of furan rings is 1. The Kier molecular flexibility index (Phi) is 8.71. The molecule has 2 aliphatic carbocycles. The molecule has 2 aromatic rings. The molecule has 1 aromatic heterocycles. The van der Waals surface area contributed by atoms with Crippen LogP contribution in [0, 0.1) is 30.6 Å². The minimum Gasteiger partial charge on any atom is -0.507 e. The van der Waals surface area contributed by atoms with Crippen LogP contribution in [0.4, 0.5) is 0 Å². The van der Waals surface area contributed by atoms with Crippen molar-refractivity contribution in [2.45, 2.75) is 65.2 Å². The van der Waals surface area contributed by atoms with Gasteiger partial charge in [0.15, 0.2) is 11.4 Å². The lowest BCUT2D eigenvalue weighted by molar-refractivity contribution is -0.215. The first-order valence-electron chi connectivity index (χ1n) is 14.9. The van der Waals surface area contributed by atoms with Crippen LogP contribution in [0.1, 0.15) is 61.6 Å². The first-order valence-corrected chi connectivity index (χ1v) is 14.9. The molecule has 2 aliphatic rings. The van der Waals surface area contributed by atoms with Crippen LogP contribution in [0.25, 0.3) is 23.2 Å². The number of primary amides is 1. The zero-order valence-electron chi connectivity index (χ0n) is 27.1. The van der Waals surface area contributed by atoms with Crippen LogP contribution in [-0.4, -0.2) is 81.2 Å². The summed E-state index contributed by atoms with van der Waals surface area (Å²) in [6.07, 6.45) is 3.49. The number of Topliss-reactive ketones (excluding diaryl/α,β-unsaturated/α-hetero) is 2. The Balaban J connectivity index is 2.07. The highest BCUT2D eigenvalue weighted by Crippen LogP contribution is 2.64. The third-order valence-electron chi connectivity index (χ3n) is 10.6. The molecule has 7 atom stereocenters. The fourth-order valence-corrected chi connectivity index (χ4v) is 7.65. The van der Waals surface area contributed by atoms with Crippen molar-refractivity contribution < 1.29 is 39.2 Å². The normalized spacial score (nSPS) is 29.5. The molecule has 0 radical (unpaired) electrons. The number of amides is 1. The molecule has 1 amide bonds. The second-order valence-corrected chi connectivity index (χ2v) is 13.1. The van der Waals surface area contributed by atoms with E-state index >= 15 is 0 Å². The van der Waals surface area contributed by atoms with Crippen molar-refractivity contribution in [1.29, 1.82) is 0 Å². The van der Waals surface area contributed by atoms with Gasteiger partial charge >= 0.3 is 0 Å². The summed E-state index contributed by atoms with van der Waals surface area (Å²) in [6.45, 7) is 12.7. The van der Waals surface area contributed by atoms with E-state index in [0.717, 1.165) is 5.56 Å². The first kappa shape index (κ1) is 34.1. The predicted octanol–water partition coefficient (Wildman–Crippen LogP) is 3.45. The molecule has 6 N–H and O–H groups in total. The van der Waals surface area contributed by atoms with E-state index in [-0.39, 0.29) is 5.57 Å². The number of nitrogens with two attached hydrogens (primary N) is 1. The van der Waals surface area contributed by atoms with E-state index in [4.69, 9.17) is 10.2 Å². The molecule has 1 fully saturated rings. The molecule has 0 saturated heterocycles. The lowest BCUT2D eigenvalue weighted by atomic mass is 9.43. The molecule has 1 saturated carbocycles. The largest absolute Gasteiger partial charge is 0.507 e. The second-order valence-electron chi connectivity index (χ2n) is 13.1. The number of hydrogen-bond donors (Lipinski definition) is 5. The highest BCUT2D eigenvalue weighted by atomic mass is 16.3. The zero-order chi connectivity index (χ0) is 34.0. The van der Waals surface area contributed by atoms with Gasteiger partial charge in [0.25, 0.3) is 0 Å². The Morgan fingerprint density at radius 2 is 1.84 bits per heavy atom. The lowest BCUT2D eigenvalue weighted by Gasteiger charge is -2.62. The lowest BCUT2D eigenvalue weighted by Crippen LogP contribution is -2.78. The summed E-state index contributed by atoms with van der Waals surface area (Å²) in [6, 6.07) is 4.39. The van der Waals surface area contributed by atoms with Gasteiger partial charge in [0, 0.05) is 22.6 Å². The molecule has 0 aliphatic heterocycles. The van der Waals surface area contributed by atoms with Crippen LogP contribution >= 0.6 is 0 Å². The summed E-state index contributed by atoms with van der Waals surface area (Å²) in [5.41, 5.74) is 1.55. The summed E-state index contributed by atoms with van der Waals surface area (Å²) >= 11 is 0. The monoisotopic (exact) mass is 620 g/mol. The van der Waals surface area contributed by atoms with Crippen molar-refractivity contribution in [3.8, 4) is 11.3 Å². The summed E-state index contributed by atoms with van der Waals surface area (Å²) in [5.74, 6) is -5.03. The number of ketones is 2. The van der Waals surface area contributed by atoms with Gasteiger partial charge in [0.05, 0.1) is 29.6 Å². The van der Waals surface area contributed by atoms with Gasteiger partial charge in [0.2, 0.25) is 11.7 Å². The maximum Gasteiger partial charge on any atom is 0.227 e. The predicted molar refractivity (Wildman–Crippen MR) is 171 cm³/mol. The molecule has 4 rings (SSSR count). The number of carbonyl (C=O) groups excluding carboxylic acids is 3. The number of aryl methyl sites for hydroxylation is 1. The van der Waals surface area contributed by atoms with Crippen molar-refractivity contribution in [3.05, 3.63) is 70.5 Å². The molecular weight excluding hydrogens is 576 g/mol. The molecule has 45 heavy (non-hydrogen) atoms. The molecule has 1 heterocycles. The maximum absolute atomic E-state index is 14.8. The fraction of sp³-hybridized carbons (Fsp3) is 0.457. The van der Waals surface area contributed by atoms with Crippen LogP contribution < -0.4 is 5.73 Å². The van der Waals surface area contributed by atoms with Crippen molar-refractivity contribution in [3.63, 3.8) is 0 Å². The van der Waals surface area contributed by atoms with E-state index in [1.807, 2.05) is 25.1 Å². The van der Waals surface area contributed by atoms with E-state index in [9.17, 15) is 34.8 Å². The Bertz CT molecular complexity index is 1650. The number of nitrogens with zero attached hydrogens (tertiary/aromatic N) is 1. The second kappa shape index (κ2) is 11.5. The van der Waals surface area contributed by atoms with Crippen molar-refractivity contribution in [2.24, 2.45) is 22.5 Å². The van der Waals surface area contributed by atoms with Gasteiger partial charge in [-0.1, -0.05) is 51.6 Å². The molecular formula is C35H44N2O8. The molecule has 0 bridgehead atoms. The fourth-order valence-electron chi connectivity index (χ4n) is 7.65. The van der Waals surface area contributed by atoms with Gasteiger partial charge in [-0.2, -0.15) is 0 Å². The zero-order valence-corrected chi connectivity index (χ0v) is 27.1. The smallest absolute Gasteiger partial charge is 0.227 e. The molecule has 10 nitrogen and oxygen atoms in total. The summed E-state index contributed by atoms with van der Waals surface area (Å²) in [4.78, 5) is 42.5. The average Bonchev–Trinajstić information content (AvgIpc) is 3.35. The number of fused-ring (bicyclic) bond motifs is 2. The number of aliphatic hydroxyl groups excluding tert-OH is 3. The van der Waals surface area contributed by atoms with E-state index < -0.39 is 70.3 Å².